The van der Waals surface area contributed by atoms with E-state index in [0.29, 0.717) is 24.7 Å². The van der Waals surface area contributed by atoms with Crippen molar-refractivity contribution in [3.63, 3.8) is 0 Å². The van der Waals surface area contributed by atoms with Crippen LogP contribution in [0.15, 0.2) is 18.2 Å². The molecule has 0 saturated heterocycles. The highest BCUT2D eigenvalue weighted by molar-refractivity contribution is 5.78. The molecule has 1 amide bonds. The first-order chi connectivity index (χ1) is 9.49. The number of hydrogen-bond donors (Lipinski definition) is 2. The van der Waals surface area contributed by atoms with E-state index < -0.39 is 0 Å². The van der Waals surface area contributed by atoms with Gasteiger partial charge in [0.25, 0.3) is 0 Å². The summed E-state index contributed by atoms with van der Waals surface area (Å²) < 4.78 is 10.7. The van der Waals surface area contributed by atoms with Crippen molar-refractivity contribution in [2.45, 2.75) is 33.4 Å². The number of amides is 1. The fourth-order valence-corrected chi connectivity index (χ4v) is 1.69. The maximum Gasteiger partial charge on any atom is 0.224 e. The van der Waals surface area contributed by atoms with Crippen LogP contribution in [0.4, 0.5) is 0 Å². The predicted octanol–water partition coefficient (Wildman–Crippen LogP) is 1.69. The molecule has 20 heavy (non-hydrogen) atoms. The van der Waals surface area contributed by atoms with Gasteiger partial charge in [-0.25, -0.2) is 0 Å². The number of hydrogen-bond acceptors (Lipinski definition) is 4. The Hall–Kier alpha value is -1.75. The maximum absolute atomic E-state index is 11.8. The van der Waals surface area contributed by atoms with Crippen molar-refractivity contribution in [1.29, 1.82) is 0 Å². The first-order valence-corrected chi connectivity index (χ1v) is 6.82. The lowest BCUT2D eigenvalue weighted by Crippen LogP contribution is -2.38. The Kier molecular flexibility index (Phi) is 6.31. The van der Waals surface area contributed by atoms with E-state index in [1.807, 2.05) is 39.0 Å². The van der Waals surface area contributed by atoms with Gasteiger partial charge in [0.1, 0.15) is 0 Å². The second-order valence-electron chi connectivity index (χ2n) is 4.78. The van der Waals surface area contributed by atoms with Crippen molar-refractivity contribution in [3.05, 3.63) is 23.8 Å². The minimum absolute atomic E-state index is 0.0483. The molecule has 0 aliphatic heterocycles. The molecule has 0 fully saturated rings. The Bertz CT molecular complexity index is 447. The monoisotopic (exact) mass is 280 g/mol. The zero-order chi connectivity index (χ0) is 15.1. The molecule has 0 spiro atoms. The molecule has 0 aliphatic rings. The molecule has 0 bridgehead atoms. The Morgan fingerprint density at radius 3 is 2.60 bits per heavy atom. The van der Waals surface area contributed by atoms with Crippen LogP contribution < -0.4 is 20.5 Å². The number of nitrogens with one attached hydrogen (secondary N) is 1. The molecule has 1 aromatic rings. The smallest absolute Gasteiger partial charge is 0.224 e. The normalized spacial score (nSPS) is 13.4. The number of rotatable bonds is 7. The van der Waals surface area contributed by atoms with Crippen LogP contribution in [0.25, 0.3) is 0 Å². The van der Waals surface area contributed by atoms with Crippen molar-refractivity contribution >= 4 is 5.91 Å². The first-order valence-electron chi connectivity index (χ1n) is 6.82. The average molecular weight is 280 g/mol. The number of methoxy groups -OCH3 is 1. The molecule has 0 saturated carbocycles. The van der Waals surface area contributed by atoms with E-state index in [1.165, 1.54) is 0 Å². The second kappa shape index (κ2) is 7.75. The summed E-state index contributed by atoms with van der Waals surface area (Å²) in [4.78, 5) is 11.8. The minimum Gasteiger partial charge on any atom is -0.493 e. The van der Waals surface area contributed by atoms with Crippen LogP contribution in [-0.2, 0) is 11.3 Å². The van der Waals surface area contributed by atoms with Gasteiger partial charge in [-0.3, -0.25) is 4.79 Å². The molecule has 0 radical (unpaired) electrons. The highest BCUT2D eigenvalue weighted by atomic mass is 16.5. The molecule has 2 atom stereocenters. The van der Waals surface area contributed by atoms with Crippen molar-refractivity contribution < 1.29 is 14.3 Å². The van der Waals surface area contributed by atoms with E-state index in [0.717, 1.165) is 5.56 Å². The molecule has 5 heteroatoms. The third-order valence-corrected chi connectivity index (χ3v) is 3.20. The van der Waals surface area contributed by atoms with Crippen LogP contribution in [0.1, 0.15) is 26.3 Å². The van der Waals surface area contributed by atoms with Crippen molar-refractivity contribution in [2.24, 2.45) is 11.7 Å². The summed E-state index contributed by atoms with van der Waals surface area (Å²) in [5.74, 6) is 1.11. The molecule has 3 N–H and O–H groups in total. The lowest BCUT2D eigenvalue weighted by Gasteiger charge is -2.16. The standard InChI is InChI=1S/C15H24N2O3/c1-5-20-13-7-6-12(8-14(13)19-4)9-17-15(18)10(2)11(3)16/h6-8,10-11H,5,9,16H2,1-4H3,(H,17,18). The third-order valence-electron chi connectivity index (χ3n) is 3.20. The predicted molar refractivity (Wildman–Crippen MR) is 78.8 cm³/mol. The summed E-state index contributed by atoms with van der Waals surface area (Å²) in [6.45, 7) is 6.59. The van der Waals surface area contributed by atoms with E-state index in [-0.39, 0.29) is 17.9 Å². The quantitative estimate of drug-likeness (QED) is 0.797. The topological polar surface area (TPSA) is 73.6 Å². The molecular formula is C15H24N2O3. The van der Waals surface area contributed by atoms with Crippen LogP contribution in [-0.4, -0.2) is 25.7 Å². The first kappa shape index (κ1) is 16.3. The summed E-state index contributed by atoms with van der Waals surface area (Å²) in [5.41, 5.74) is 6.66. The van der Waals surface area contributed by atoms with Gasteiger partial charge in [-0.1, -0.05) is 13.0 Å². The van der Waals surface area contributed by atoms with Gasteiger partial charge in [0, 0.05) is 18.5 Å². The van der Waals surface area contributed by atoms with Crippen molar-refractivity contribution in [2.75, 3.05) is 13.7 Å². The zero-order valence-corrected chi connectivity index (χ0v) is 12.6. The largest absolute Gasteiger partial charge is 0.493 e. The number of benzene rings is 1. The zero-order valence-electron chi connectivity index (χ0n) is 12.6. The molecule has 5 nitrogen and oxygen atoms in total. The molecule has 112 valence electrons. The van der Waals surface area contributed by atoms with Gasteiger partial charge in [0.15, 0.2) is 11.5 Å². The van der Waals surface area contributed by atoms with E-state index in [4.69, 9.17) is 15.2 Å². The molecule has 0 aliphatic carbocycles. The second-order valence-corrected chi connectivity index (χ2v) is 4.78. The number of carbonyl (C=O) groups is 1. The van der Waals surface area contributed by atoms with E-state index >= 15 is 0 Å². The molecule has 1 rings (SSSR count). The Morgan fingerprint density at radius 1 is 1.35 bits per heavy atom. The molecule has 2 unspecified atom stereocenters. The summed E-state index contributed by atoms with van der Waals surface area (Å²) in [6.07, 6.45) is 0. The van der Waals surface area contributed by atoms with Crippen LogP contribution in [0, 0.1) is 5.92 Å². The van der Waals surface area contributed by atoms with Crippen LogP contribution in [0.3, 0.4) is 0 Å². The average Bonchev–Trinajstić information content (AvgIpc) is 2.45. The molecular weight excluding hydrogens is 256 g/mol. The number of ether oxygens (including phenoxy) is 2. The minimum atomic E-state index is -0.209. The van der Waals surface area contributed by atoms with Crippen LogP contribution in [0.2, 0.25) is 0 Å². The van der Waals surface area contributed by atoms with Crippen molar-refractivity contribution in [3.8, 4) is 11.5 Å². The lowest BCUT2D eigenvalue weighted by atomic mass is 10.0. The van der Waals surface area contributed by atoms with E-state index in [9.17, 15) is 4.79 Å². The lowest BCUT2D eigenvalue weighted by molar-refractivity contribution is -0.125. The fraction of sp³-hybridized carbons (Fsp3) is 0.533. The molecule has 0 aromatic heterocycles. The Morgan fingerprint density at radius 2 is 2.05 bits per heavy atom. The van der Waals surface area contributed by atoms with Gasteiger partial charge in [-0.15, -0.1) is 0 Å². The van der Waals surface area contributed by atoms with Gasteiger partial charge in [0.05, 0.1) is 13.7 Å². The van der Waals surface area contributed by atoms with Crippen LogP contribution >= 0.6 is 0 Å². The highest BCUT2D eigenvalue weighted by Crippen LogP contribution is 2.27. The molecule has 0 heterocycles. The maximum atomic E-state index is 11.8. The number of nitrogens with two attached hydrogens (primary N) is 1. The Balaban J connectivity index is 2.67. The summed E-state index contributed by atoms with van der Waals surface area (Å²) in [6, 6.07) is 5.45. The fourth-order valence-electron chi connectivity index (χ4n) is 1.69. The third kappa shape index (κ3) is 4.42. The van der Waals surface area contributed by atoms with Gasteiger partial charge in [-0.2, -0.15) is 0 Å². The highest BCUT2D eigenvalue weighted by Gasteiger charge is 2.16. The summed E-state index contributed by atoms with van der Waals surface area (Å²) in [5, 5.41) is 2.87. The summed E-state index contributed by atoms with van der Waals surface area (Å²) >= 11 is 0. The summed E-state index contributed by atoms with van der Waals surface area (Å²) in [7, 11) is 1.60. The Labute approximate surface area is 120 Å². The van der Waals surface area contributed by atoms with Crippen molar-refractivity contribution in [1.82, 2.24) is 5.32 Å². The molecule has 1 aromatic carbocycles. The van der Waals surface area contributed by atoms with Gasteiger partial charge in [0.2, 0.25) is 5.91 Å². The van der Waals surface area contributed by atoms with Gasteiger partial charge >= 0.3 is 0 Å². The van der Waals surface area contributed by atoms with Crippen LogP contribution in [0.5, 0.6) is 11.5 Å². The van der Waals surface area contributed by atoms with E-state index in [2.05, 4.69) is 5.32 Å². The van der Waals surface area contributed by atoms with E-state index in [1.54, 1.807) is 7.11 Å². The van der Waals surface area contributed by atoms with Gasteiger partial charge < -0.3 is 20.5 Å². The SMILES string of the molecule is CCOc1ccc(CNC(=O)C(C)C(C)N)cc1OC. The van der Waals surface area contributed by atoms with Gasteiger partial charge in [-0.05, 0) is 31.5 Å². The number of carbonyl (C=O) groups excluding carboxylic acids is 1.